The summed E-state index contributed by atoms with van der Waals surface area (Å²) in [6.45, 7) is 3.89. The second-order valence-electron chi connectivity index (χ2n) is 4.80. The Hall–Kier alpha value is -2.34. The standard InChI is InChI=1S/C15H15N3O2S/c1-3-9-4-10(13(20)5-12(9)19)14-11(6-16-18-14)15-17-8(2)7-21-15/h4-7,19-20H,3H2,1-2H3,(H,16,18). The summed E-state index contributed by atoms with van der Waals surface area (Å²) >= 11 is 1.53. The molecule has 0 aliphatic carbocycles. The van der Waals surface area contributed by atoms with Crippen LogP contribution in [-0.4, -0.2) is 25.4 Å². The first-order valence-corrected chi connectivity index (χ1v) is 7.49. The van der Waals surface area contributed by atoms with Crippen LogP contribution in [-0.2, 0) is 6.42 Å². The average Bonchev–Trinajstić information content (AvgIpc) is 3.07. The maximum Gasteiger partial charge on any atom is 0.128 e. The zero-order chi connectivity index (χ0) is 15.0. The van der Waals surface area contributed by atoms with Crippen molar-refractivity contribution in [2.24, 2.45) is 0 Å². The Morgan fingerprint density at radius 3 is 2.67 bits per heavy atom. The fourth-order valence-electron chi connectivity index (χ4n) is 2.24. The summed E-state index contributed by atoms with van der Waals surface area (Å²) in [5.74, 6) is 0.119. The van der Waals surface area contributed by atoms with Crippen molar-refractivity contribution in [2.75, 3.05) is 0 Å². The highest BCUT2D eigenvalue weighted by Gasteiger charge is 2.17. The second-order valence-corrected chi connectivity index (χ2v) is 5.66. The molecule has 3 rings (SSSR count). The van der Waals surface area contributed by atoms with Crippen LogP contribution in [0.15, 0.2) is 23.7 Å². The fourth-order valence-corrected chi connectivity index (χ4v) is 3.05. The van der Waals surface area contributed by atoms with E-state index in [1.54, 1.807) is 12.3 Å². The zero-order valence-corrected chi connectivity index (χ0v) is 12.5. The number of aryl methyl sites for hydroxylation is 2. The van der Waals surface area contributed by atoms with Crippen molar-refractivity contribution < 1.29 is 10.2 Å². The third-order valence-corrected chi connectivity index (χ3v) is 4.33. The molecule has 3 N–H and O–H groups in total. The van der Waals surface area contributed by atoms with Gasteiger partial charge in [-0.1, -0.05) is 6.92 Å². The number of hydrogen-bond donors (Lipinski definition) is 3. The van der Waals surface area contributed by atoms with Crippen molar-refractivity contribution in [1.82, 2.24) is 15.2 Å². The molecule has 0 aliphatic rings. The highest BCUT2D eigenvalue weighted by Crippen LogP contribution is 2.39. The Morgan fingerprint density at radius 2 is 2.00 bits per heavy atom. The molecule has 0 aliphatic heterocycles. The smallest absolute Gasteiger partial charge is 0.128 e. The summed E-state index contributed by atoms with van der Waals surface area (Å²) in [5.41, 5.74) is 3.89. The molecule has 0 fully saturated rings. The van der Waals surface area contributed by atoms with Crippen molar-refractivity contribution in [3.63, 3.8) is 0 Å². The first-order valence-electron chi connectivity index (χ1n) is 6.61. The first kappa shape index (κ1) is 13.6. The highest BCUT2D eigenvalue weighted by atomic mass is 32.1. The van der Waals surface area contributed by atoms with Crippen molar-refractivity contribution >= 4 is 11.3 Å². The molecule has 0 saturated carbocycles. The van der Waals surface area contributed by atoms with Gasteiger partial charge in [0.25, 0.3) is 0 Å². The van der Waals surface area contributed by atoms with E-state index < -0.39 is 0 Å². The number of phenolic OH excluding ortho intramolecular Hbond substituents is 2. The number of benzene rings is 1. The van der Waals surface area contributed by atoms with Crippen LogP contribution in [0.3, 0.4) is 0 Å². The van der Waals surface area contributed by atoms with E-state index in [0.717, 1.165) is 21.8 Å². The lowest BCUT2D eigenvalue weighted by atomic mass is 10.0. The van der Waals surface area contributed by atoms with Crippen molar-refractivity contribution in [1.29, 1.82) is 0 Å². The molecule has 21 heavy (non-hydrogen) atoms. The summed E-state index contributed by atoms with van der Waals surface area (Å²) in [7, 11) is 0. The van der Waals surface area contributed by atoms with Gasteiger partial charge in [-0.25, -0.2) is 4.98 Å². The minimum atomic E-state index is 0.0171. The monoisotopic (exact) mass is 301 g/mol. The fraction of sp³-hybridized carbons (Fsp3) is 0.200. The van der Waals surface area contributed by atoms with Crippen LogP contribution in [0.1, 0.15) is 18.2 Å². The molecule has 0 amide bonds. The van der Waals surface area contributed by atoms with Gasteiger partial charge in [0.1, 0.15) is 16.5 Å². The first-order chi connectivity index (χ1) is 10.1. The maximum atomic E-state index is 10.1. The second kappa shape index (κ2) is 5.21. The van der Waals surface area contributed by atoms with Gasteiger partial charge in [0.2, 0.25) is 0 Å². The van der Waals surface area contributed by atoms with Gasteiger partial charge in [-0.15, -0.1) is 11.3 Å². The molecule has 0 radical (unpaired) electrons. The van der Waals surface area contributed by atoms with E-state index in [0.29, 0.717) is 17.7 Å². The van der Waals surface area contributed by atoms with Gasteiger partial charge in [0.05, 0.1) is 17.5 Å². The van der Waals surface area contributed by atoms with E-state index in [1.165, 1.54) is 17.4 Å². The third-order valence-electron chi connectivity index (χ3n) is 3.34. The van der Waals surface area contributed by atoms with E-state index in [1.807, 2.05) is 19.2 Å². The number of aromatic amines is 1. The maximum absolute atomic E-state index is 10.1. The van der Waals surface area contributed by atoms with Crippen LogP contribution < -0.4 is 0 Å². The van der Waals surface area contributed by atoms with E-state index in [2.05, 4.69) is 15.2 Å². The van der Waals surface area contributed by atoms with Gasteiger partial charge in [0.15, 0.2) is 0 Å². The summed E-state index contributed by atoms with van der Waals surface area (Å²) in [6, 6.07) is 3.15. The van der Waals surface area contributed by atoms with E-state index >= 15 is 0 Å². The minimum absolute atomic E-state index is 0.0171. The van der Waals surface area contributed by atoms with Gasteiger partial charge in [-0.3, -0.25) is 5.10 Å². The minimum Gasteiger partial charge on any atom is -0.508 e. The molecule has 5 nitrogen and oxygen atoms in total. The molecule has 6 heteroatoms. The Kier molecular flexibility index (Phi) is 3.39. The van der Waals surface area contributed by atoms with Gasteiger partial charge in [0, 0.05) is 22.7 Å². The number of aromatic hydroxyl groups is 2. The van der Waals surface area contributed by atoms with Crippen molar-refractivity contribution in [2.45, 2.75) is 20.3 Å². The molecule has 0 unspecified atom stereocenters. The number of nitrogens with zero attached hydrogens (tertiary/aromatic N) is 2. The Bertz CT molecular complexity index is 792. The van der Waals surface area contributed by atoms with E-state index in [-0.39, 0.29) is 11.5 Å². The van der Waals surface area contributed by atoms with Crippen LogP contribution in [0.4, 0.5) is 0 Å². The summed E-state index contributed by atoms with van der Waals surface area (Å²) in [4.78, 5) is 4.46. The van der Waals surface area contributed by atoms with Crippen LogP contribution in [0.5, 0.6) is 11.5 Å². The van der Waals surface area contributed by atoms with Crippen molar-refractivity contribution in [3.8, 4) is 33.3 Å². The quantitative estimate of drug-likeness (QED) is 0.691. The Balaban J connectivity index is 2.16. The molecular formula is C15H15N3O2S. The number of nitrogens with one attached hydrogen (secondary N) is 1. The largest absolute Gasteiger partial charge is 0.508 e. The van der Waals surface area contributed by atoms with E-state index in [4.69, 9.17) is 0 Å². The average molecular weight is 301 g/mol. The molecule has 0 bridgehead atoms. The molecular weight excluding hydrogens is 286 g/mol. The lowest BCUT2D eigenvalue weighted by molar-refractivity contribution is 0.447. The van der Waals surface area contributed by atoms with Gasteiger partial charge in [-0.2, -0.15) is 5.10 Å². The van der Waals surface area contributed by atoms with Gasteiger partial charge >= 0.3 is 0 Å². The number of aromatic nitrogens is 3. The van der Waals surface area contributed by atoms with Gasteiger partial charge < -0.3 is 10.2 Å². The lowest BCUT2D eigenvalue weighted by Gasteiger charge is -2.09. The normalized spacial score (nSPS) is 11.0. The lowest BCUT2D eigenvalue weighted by Crippen LogP contribution is -1.88. The number of rotatable bonds is 3. The summed E-state index contributed by atoms with van der Waals surface area (Å²) < 4.78 is 0. The third kappa shape index (κ3) is 2.38. The molecule has 0 saturated heterocycles. The topological polar surface area (TPSA) is 82.0 Å². The number of phenols is 2. The number of hydrogen-bond acceptors (Lipinski definition) is 5. The predicted octanol–water partition coefficient (Wildman–Crippen LogP) is 3.48. The van der Waals surface area contributed by atoms with Crippen molar-refractivity contribution in [3.05, 3.63) is 35.0 Å². The van der Waals surface area contributed by atoms with Crippen LogP contribution in [0.2, 0.25) is 0 Å². The van der Waals surface area contributed by atoms with Crippen LogP contribution in [0.25, 0.3) is 21.8 Å². The number of H-pyrrole nitrogens is 1. The van der Waals surface area contributed by atoms with Crippen LogP contribution >= 0.6 is 11.3 Å². The molecule has 2 aromatic heterocycles. The molecule has 108 valence electrons. The molecule has 0 atom stereocenters. The predicted molar refractivity (Wildman–Crippen MR) is 82.6 cm³/mol. The summed E-state index contributed by atoms with van der Waals surface area (Å²) in [5, 5.41) is 29.8. The SMILES string of the molecule is CCc1cc(-c2[nH]ncc2-c2nc(C)cs2)c(O)cc1O. The zero-order valence-electron chi connectivity index (χ0n) is 11.7. The molecule has 0 spiro atoms. The Labute approximate surface area is 125 Å². The molecule has 3 aromatic rings. The van der Waals surface area contributed by atoms with Crippen LogP contribution in [0, 0.1) is 6.92 Å². The molecule has 2 heterocycles. The highest BCUT2D eigenvalue weighted by molar-refractivity contribution is 7.13. The number of thiazole rings is 1. The molecule has 1 aromatic carbocycles. The summed E-state index contributed by atoms with van der Waals surface area (Å²) in [6.07, 6.45) is 2.38. The van der Waals surface area contributed by atoms with E-state index in [9.17, 15) is 10.2 Å². The Morgan fingerprint density at radius 1 is 1.19 bits per heavy atom. The van der Waals surface area contributed by atoms with Gasteiger partial charge in [-0.05, 0) is 25.0 Å².